The fourth-order valence-electron chi connectivity index (χ4n) is 0. The van der Waals surface area contributed by atoms with Gasteiger partial charge in [0.1, 0.15) is 0 Å². The summed E-state index contributed by atoms with van der Waals surface area (Å²) in [6, 6.07) is 0. The van der Waals surface area contributed by atoms with Crippen molar-refractivity contribution in [1.82, 2.24) is 0 Å². The molecule has 0 unspecified atom stereocenters. The molecule has 0 saturated heterocycles. The van der Waals surface area contributed by atoms with Gasteiger partial charge in [-0.05, 0) is 10.3 Å². The van der Waals surface area contributed by atoms with Crippen LogP contribution in [0.2, 0.25) is 0 Å². The maximum Gasteiger partial charge on any atom is 0.503 e. The van der Waals surface area contributed by atoms with Crippen LogP contribution in [0.4, 0.5) is 0 Å². The van der Waals surface area contributed by atoms with Crippen LogP contribution in [0.3, 0.4) is 0 Å². The first-order chi connectivity index (χ1) is 5.20. The Labute approximate surface area is 118 Å². The van der Waals surface area contributed by atoms with E-state index in [2.05, 4.69) is 0 Å². The Morgan fingerprint density at radius 3 is 0.538 bits per heavy atom. The Hall–Kier alpha value is 2.71. The number of halogens is 3. The third-order valence-electron chi connectivity index (χ3n) is 0. The van der Waals surface area contributed by atoms with Gasteiger partial charge in [-0.1, -0.05) is 0 Å². The van der Waals surface area contributed by atoms with Crippen molar-refractivity contribution in [2.45, 2.75) is 0 Å². The molecular formula is H3BiI3O9. The Morgan fingerprint density at radius 1 is 0.538 bits per heavy atom. The van der Waals surface area contributed by atoms with Crippen LogP contribution in [0.15, 0.2) is 0 Å². The molecule has 0 saturated carbocycles. The third kappa shape index (κ3) is 323. The summed E-state index contributed by atoms with van der Waals surface area (Å²) < 4.78 is 73.4. The number of hydrogen-bond acceptors (Lipinski definition) is 9. The molecule has 83 valence electrons. The molecule has 0 fully saturated rings. The van der Waals surface area contributed by atoms with Crippen molar-refractivity contribution in [2.24, 2.45) is 0 Å². The molecule has 9 nitrogen and oxygen atoms in total. The van der Waals surface area contributed by atoms with Gasteiger partial charge in [0.2, 0.25) is 0 Å². The smallest absolute Gasteiger partial charge is 0.396 e. The largest absolute Gasteiger partial charge is 0.503 e. The zero-order chi connectivity index (χ0) is 10.7. The van der Waals surface area contributed by atoms with Gasteiger partial charge in [0.15, 0.2) is 0 Å². The molecule has 0 aromatic heterocycles. The van der Waals surface area contributed by atoms with Gasteiger partial charge in [-0.3, -0.25) is 0 Å². The summed E-state index contributed by atoms with van der Waals surface area (Å²) in [7, 11) is 0. The van der Waals surface area contributed by atoms with Gasteiger partial charge >= 0.3 is 63.2 Å². The van der Waals surface area contributed by atoms with E-state index in [0.29, 0.717) is 0 Å². The zero-order valence-electron chi connectivity index (χ0n) is 5.37. The third-order valence-corrected chi connectivity index (χ3v) is 0. The molecule has 3 radical (unpaired) electrons. The molecule has 0 amide bonds. The monoisotopic (exact) mass is 737 g/mol. The second kappa shape index (κ2) is 20.2. The topological polar surface area (TPSA) is 199 Å². The van der Waals surface area contributed by atoms with E-state index >= 15 is 0 Å². The summed E-state index contributed by atoms with van der Waals surface area (Å²) in [6.07, 6.45) is 0. The molecule has 0 aromatic rings. The minimum Gasteiger partial charge on any atom is -0.396 e. The quantitative estimate of drug-likeness (QED) is 0.160. The van der Waals surface area contributed by atoms with E-state index in [-0.39, 0.29) is 26.2 Å². The first kappa shape index (κ1) is 24.8. The summed E-state index contributed by atoms with van der Waals surface area (Å²) >= 11 is -11.3. The average molecular weight is 737 g/mol. The zero-order valence-corrected chi connectivity index (χ0v) is 15.3. The number of rotatable bonds is 0. The van der Waals surface area contributed by atoms with Crippen molar-refractivity contribution in [1.29, 1.82) is 0 Å². The molecule has 0 rings (SSSR count). The predicted molar refractivity (Wildman–Crippen MR) is 12.4 cm³/mol. The van der Waals surface area contributed by atoms with E-state index in [1.165, 1.54) is 0 Å². The minimum absolute atomic E-state index is 0. The van der Waals surface area contributed by atoms with Crippen molar-refractivity contribution in [3.63, 3.8) is 0 Å². The molecule has 0 heterocycles. The van der Waals surface area contributed by atoms with E-state index in [9.17, 15) is 0 Å². The molecule has 0 atom stereocenters. The van der Waals surface area contributed by atoms with Crippen molar-refractivity contribution < 1.29 is 94.1 Å². The molecular weight excluding hydrogens is 734 g/mol. The fraction of sp³-hybridized carbons (Fsp3) is 0. The standard InChI is InChI=1S/Bi.3HIO3/c;3*2-1(3)4/h;3*2H. The summed E-state index contributed by atoms with van der Waals surface area (Å²) in [5, 5.41) is 0. The second-order valence-corrected chi connectivity index (χ2v) is 4.05. The van der Waals surface area contributed by atoms with Crippen LogP contribution < -0.4 is 83.8 Å². The molecule has 0 aliphatic rings. The molecule has 13 heavy (non-hydrogen) atoms. The van der Waals surface area contributed by atoms with Gasteiger partial charge in [-0.2, -0.15) is 0 Å². The summed E-state index contributed by atoms with van der Waals surface area (Å²) in [5.41, 5.74) is 0. The van der Waals surface area contributed by atoms with Crippen LogP contribution in [0.5, 0.6) is 0 Å². The van der Waals surface area contributed by atoms with Crippen LogP contribution in [0.25, 0.3) is 0 Å². The Balaban J connectivity index is -0.0000000450. The molecule has 0 bridgehead atoms. The van der Waals surface area contributed by atoms with Crippen LogP contribution >= 0.6 is 0 Å². The van der Waals surface area contributed by atoms with Crippen LogP contribution in [0.1, 0.15) is 0 Å². The van der Waals surface area contributed by atoms with E-state index in [4.69, 9.17) is 30.9 Å². The Bertz CT molecular complexity index is 43.4. The Kier molecular flexibility index (Phi) is 38.5. The van der Waals surface area contributed by atoms with Crippen LogP contribution in [-0.4, -0.2) is 36.5 Å². The summed E-state index contributed by atoms with van der Waals surface area (Å²) in [4.78, 5) is 0. The summed E-state index contributed by atoms with van der Waals surface area (Å²) in [5.74, 6) is 0. The van der Waals surface area contributed by atoms with Crippen LogP contribution in [0, 0.1) is 0 Å². The van der Waals surface area contributed by atoms with Crippen molar-refractivity contribution in [3.05, 3.63) is 0 Å². The molecule has 0 aliphatic heterocycles. The van der Waals surface area contributed by atoms with Gasteiger partial charge in [0.25, 0.3) is 0 Å². The molecule has 3 N–H and O–H groups in total. The first-order valence-electron chi connectivity index (χ1n) is 1.43. The maximum atomic E-state index is 8.68. The van der Waals surface area contributed by atoms with Gasteiger partial charge in [-0.25, -0.2) is 0 Å². The van der Waals surface area contributed by atoms with E-state index < -0.39 is 63.2 Å². The maximum absolute atomic E-state index is 8.68. The normalized spacial score (nSPS) is 8.31. The van der Waals surface area contributed by atoms with Crippen molar-refractivity contribution in [3.8, 4) is 0 Å². The van der Waals surface area contributed by atoms with Crippen LogP contribution in [-0.2, 0) is 0 Å². The van der Waals surface area contributed by atoms with E-state index in [0.717, 1.165) is 0 Å². The van der Waals surface area contributed by atoms with E-state index in [1.807, 2.05) is 0 Å². The van der Waals surface area contributed by atoms with Gasteiger partial charge in [0.05, 0.1) is 0 Å². The second-order valence-electron chi connectivity index (χ2n) is 0.603. The Morgan fingerprint density at radius 2 is 0.538 bits per heavy atom. The number of hydrogen-bond donors (Lipinski definition) is 3. The van der Waals surface area contributed by atoms with Gasteiger partial charge < -0.3 is 20.6 Å². The predicted octanol–water partition coefficient (Wildman–Crippen LogP) is -18.2. The average Bonchev–Trinajstić information content (AvgIpc) is 1.54. The first-order valence-corrected chi connectivity index (χ1v) is 9.61. The molecule has 13 heteroatoms. The van der Waals surface area contributed by atoms with Gasteiger partial charge in [0, 0.05) is 26.2 Å². The van der Waals surface area contributed by atoms with Crippen molar-refractivity contribution in [2.75, 3.05) is 0 Å². The molecule has 0 aliphatic carbocycles. The van der Waals surface area contributed by atoms with E-state index in [1.54, 1.807) is 0 Å². The fourth-order valence-corrected chi connectivity index (χ4v) is 0. The van der Waals surface area contributed by atoms with Crippen molar-refractivity contribution >= 4 is 26.2 Å². The molecule has 0 aromatic carbocycles. The SMILES string of the molecule is [Bi].[O-][I+2]([O-])O.[O-][I+2]([O-])O.[O-][I+2]([O-])O. The molecule has 0 spiro atoms. The van der Waals surface area contributed by atoms with Gasteiger partial charge in [-0.15, -0.1) is 0 Å². The summed E-state index contributed by atoms with van der Waals surface area (Å²) in [6.45, 7) is 0. The minimum atomic E-state index is -3.76.